The van der Waals surface area contributed by atoms with Gasteiger partial charge < -0.3 is 9.13 Å². The highest BCUT2D eigenvalue weighted by Crippen LogP contribution is 2.41. The topological polar surface area (TPSA) is 34.6 Å². The average Bonchev–Trinajstić information content (AvgIpc) is 3.71. The van der Waals surface area contributed by atoms with Gasteiger partial charge in [-0.25, -0.2) is 4.99 Å². The van der Waals surface area contributed by atoms with Crippen molar-refractivity contribution in [1.29, 1.82) is 0 Å². The Balaban J connectivity index is 1.18. The molecular weight excluding hydrogens is 633 g/mol. The van der Waals surface area contributed by atoms with Crippen molar-refractivity contribution in [2.75, 3.05) is 0 Å². The van der Waals surface area contributed by atoms with E-state index in [0.29, 0.717) is 0 Å². The Morgan fingerprint density at radius 2 is 1.04 bits per heavy atom. The maximum absolute atomic E-state index is 5.31. The number of fused-ring (bicyclic) bond motifs is 8. The molecule has 1 aliphatic carbocycles. The summed E-state index contributed by atoms with van der Waals surface area (Å²) >= 11 is 0. The van der Waals surface area contributed by atoms with E-state index >= 15 is 0 Å². The first kappa shape index (κ1) is 29.0. The average molecular weight is 665 g/mol. The summed E-state index contributed by atoms with van der Waals surface area (Å²) in [5.74, 6) is 0.890. The zero-order chi connectivity index (χ0) is 34.2. The quantitative estimate of drug-likeness (QED) is 0.179. The van der Waals surface area contributed by atoms with Crippen molar-refractivity contribution in [3.05, 3.63) is 193 Å². The SMILES string of the molecule is C1=CC2N=C(c3ccc(-n4c5ccccc5c5cc6c7ccccc7n(-c7ccccc7)c6cc54)c4ccccc34)N=C(c3ccccc3)C2C=C1. The molecule has 4 heteroatoms. The molecule has 2 aromatic heterocycles. The fraction of sp³-hybridized carbons (Fsp3) is 0.0417. The van der Waals surface area contributed by atoms with Gasteiger partial charge in [-0.2, -0.15) is 0 Å². The van der Waals surface area contributed by atoms with Crippen LogP contribution in [0.4, 0.5) is 0 Å². The Labute approximate surface area is 300 Å². The van der Waals surface area contributed by atoms with Crippen LogP contribution in [0.1, 0.15) is 11.1 Å². The normalized spacial score (nSPS) is 16.9. The van der Waals surface area contributed by atoms with Crippen molar-refractivity contribution in [2.24, 2.45) is 15.9 Å². The minimum atomic E-state index is 0.00209. The van der Waals surface area contributed by atoms with Crippen LogP contribution in [0.15, 0.2) is 192 Å². The van der Waals surface area contributed by atoms with Gasteiger partial charge in [-0.3, -0.25) is 4.99 Å². The highest BCUT2D eigenvalue weighted by atomic mass is 15.0. The Bertz CT molecular complexity index is 3010. The van der Waals surface area contributed by atoms with Crippen LogP contribution in [0.2, 0.25) is 0 Å². The maximum Gasteiger partial charge on any atom is 0.156 e. The molecule has 0 amide bonds. The predicted octanol–water partition coefficient (Wildman–Crippen LogP) is 11.4. The van der Waals surface area contributed by atoms with Crippen LogP contribution in [0.25, 0.3) is 65.8 Å². The molecule has 2 unspecified atom stereocenters. The Morgan fingerprint density at radius 1 is 0.442 bits per heavy atom. The van der Waals surface area contributed by atoms with Gasteiger partial charge in [-0.15, -0.1) is 0 Å². The summed E-state index contributed by atoms with van der Waals surface area (Å²) in [5.41, 5.74) is 10.3. The first-order valence-electron chi connectivity index (χ1n) is 17.9. The van der Waals surface area contributed by atoms with E-state index in [2.05, 4.69) is 191 Å². The van der Waals surface area contributed by atoms with Crippen molar-refractivity contribution in [2.45, 2.75) is 6.04 Å². The molecule has 0 spiro atoms. The fourth-order valence-corrected chi connectivity index (χ4v) is 8.54. The number of hydrogen-bond acceptors (Lipinski definition) is 2. The molecule has 244 valence electrons. The van der Waals surface area contributed by atoms with E-state index in [1.54, 1.807) is 0 Å². The molecule has 0 saturated carbocycles. The zero-order valence-electron chi connectivity index (χ0n) is 28.3. The lowest BCUT2D eigenvalue weighted by Crippen LogP contribution is -2.31. The second-order valence-corrected chi connectivity index (χ2v) is 13.7. The van der Waals surface area contributed by atoms with Crippen molar-refractivity contribution >= 4 is 65.9 Å². The highest BCUT2D eigenvalue weighted by molar-refractivity contribution is 6.22. The van der Waals surface area contributed by atoms with Crippen LogP contribution in [-0.2, 0) is 0 Å². The number of aliphatic imine (C=N–C) groups is 2. The third-order valence-electron chi connectivity index (χ3n) is 10.9. The smallest absolute Gasteiger partial charge is 0.156 e. The lowest BCUT2D eigenvalue weighted by atomic mass is 9.85. The highest BCUT2D eigenvalue weighted by Gasteiger charge is 2.30. The monoisotopic (exact) mass is 664 g/mol. The van der Waals surface area contributed by atoms with Crippen molar-refractivity contribution in [3.63, 3.8) is 0 Å². The van der Waals surface area contributed by atoms with Gasteiger partial charge >= 0.3 is 0 Å². The molecule has 0 fully saturated rings. The van der Waals surface area contributed by atoms with Gasteiger partial charge in [0.15, 0.2) is 5.84 Å². The van der Waals surface area contributed by atoms with Crippen LogP contribution in [0.3, 0.4) is 0 Å². The Morgan fingerprint density at radius 3 is 1.79 bits per heavy atom. The molecule has 3 heterocycles. The number of allylic oxidation sites excluding steroid dienone is 2. The molecule has 0 bridgehead atoms. The van der Waals surface area contributed by atoms with Gasteiger partial charge in [0.1, 0.15) is 0 Å². The zero-order valence-corrected chi connectivity index (χ0v) is 28.3. The Hall–Kier alpha value is -6.78. The van der Waals surface area contributed by atoms with E-state index in [1.807, 2.05) is 0 Å². The summed E-state index contributed by atoms with van der Waals surface area (Å²) in [6.45, 7) is 0. The van der Waals surface area contributed by atoms with Gasteiger partial charge in [-0.05, 0) is 59.5 Å². The third kappa shape index (κ3) is 4.28. The summed E-state index contributed by atoms with van der Waals surface area (Å²) in [6, 6.07) is 56.8. The molecule has 7 aromatic carbocycles. The van der Waals surface area contributed by atoms with Crippen LogP contribution in [0, 0.1) is 5.92 Å². The number of para-hydroxylation sites is 3. The van der Waals surface area contributed by atoms with E-state index in [9.17, 15) is 0 Å². The Kier molecular flexibility index (Phi) is 6.34. The molecule has 2 aliphatic rings. The largest absolute Gasteiger partial charge is 0.309 e. The minimum absolute atomic E-state index is 0.00209. The van der Waals surface area contributed by atoms with E-state index in [4.69, 9.17) is 9.98 Å². The fourth-order valence-electron chi connectivity index (χ4n) is 8.54. The number of aromatic nitrogens is 2. The van der Waals surface area contributed by atoms with Crippen LogP contribution >= 0.6 is 0 Å². The molecule has 0 radical (unpaired) electrons. The van der Waals surface area contributed by atoms with Gasteiger partial charge in [0.2, 0.25) is 0 Å². The predicted molar refractivity (Wildman–Crippen MR) is 218 cm³/mol. The lowest BCUT2D eigenvalue weighted by Gasteiger charge is -2.28. The first-order chi connectivity index (χ1) is 25.8. The second kappa shape index (κ2) is 11.4. The van der Waals surface area contributed by atoms with Crippen LogP contribution in [-0.4, -0.2) is 26.7 Å². The first-order valence-corrected chi connectivity index (χ1v) is 17.9. The van der Waals surface area contributed by atoms with Crippen LogP contribution < -0.4 is 0 Å². The number of amidine groups is 1. The molecule has 0 saturated heterocycles. The number of benzene rings is 7. The summed E-state index contributed by atoms with van der Waals surface area (Å²) in [4.78, 5) is 10.6. The van der Waals surface area contributed by atoms with Gasteiger partial charge in [0, 0.05) is 44.1 Å². The summed E-state index contributed by atoms with van der Waals surface area (Å²) < 4.78 is 4.86. The van der Waals surface area contributed by atoms with E-state index in [-0.39, 0.29) is 12.0 Å². The summed E-state index contributed by atoms with van der Waals surface area (Å²) in [7, 11) is 0. The molecule has 11 rings (SSSR count). The van der Waals surface area contributed by atoms with E-state index in [0.717, 1.165) is 44.8 Å². The van der Waals surface area contributed by atoms with Crippen molar-refractivity contribution < 1.29 is 0 Å². The number of hydrogen-bond donors (Lipinski definition) is 0. The third-order valence-corrected chi connectivity index (χ3v) is 10.9. The molecule has 4 nitrogen and oxygen atoms in total. The van der Waals surface area contributed by atoms with Crippen molar-refractivity contribution in [3.8, 4) is 11.4 Å². The molecule has 0 N–H and O–H groups in total. The van der Waals surface area contributed by atoms with Gasteiger partial charge in [-0.1, -0.05) is 133 Å². The molecule has 1 aliphatic heterocycles. The summed E-state index contributed by atoms with van der Waals surface area (Å²) in [6.07, 6.45) is 8.65. The maximum atomic E-state index is 5.31. The summed E-state index contributed by atoms with van der Waals surface area (Å²) in [5, 5.41) is 7.28. The second-order valence-electron chi connectivity index (χ2n) is 13.7. The van der Waals surface area contributed by atoms with Crippen LogP contribution in [0.5, 0.6) is 0 Å². The van der Waals surface area contributed by atoms with Gasteiger partial charge in [0.05, 0.1) is 39.5 Å². The van der Waals surface area contributed by atoms with E-state index in [1.165, 1.54) is 43.6 Å². The molecule has 52 heavy (non-hydrogen) atoms. The molecule has 9 aromatic rings. The molecular formula is C48H32N4. The number of rotatable bonds is 4. The van der Waals surface area contributed by atoms with E-state index < -0.39 is 0 Å². The van der Waals surface area contributed by atoms with Crippen molar-refractivity contribution in [1.82, 2.24) is 9.13 Å². The standard InChI is InChI=1S/C48H32N4/c1-3-15-31(16-4-1)47-38-23-9-12-24-41(38)49-48(50-47)37-27-28-44(34-20-8-7-19-33(34)37)52-43-26-14-11-22-36(43)40-29-39-35-21-10-13-25-42(35)51(45(39)30-46(40)52)32-17-5-2-6-18-32/h1-30,38,41H. The number of nitrogens with zero attached hydrogens (tertiary/aromatic N) is 4. The van der Waals surface area contributed by atoms with Gasteiger partial charge in [0.25, 0.3) is 0 Å². The molecule has 2 atom stereocenters. The lowest BCUT2D eigenvalue weighted by molar-refractivity contribution is 0.709. The minimum Gasteiger partial charge on any atom is -0.309 e.